The standard InChI is InChI=1S/C18H28ClNO2/c1-17(9-6-11-20-14-17)18(21,10-3-4-12-22-2)15-7-5-8-16(19)13-15/h5,7-8,13,20-21H,3-4,6,9-12,14H2,1-2H3/t17?,18-/m1/s1. The summed E-state index contributed by atoms with van der Waals surface area (Å²) >= 11 is 6.17. The topological polar surface area (TPSA) is 41.5 Å². The lowest BCUT2D eigenvalue weighted by molar-refractivity contribution is -0.102. The van der Waals surface area contributed by atoms with Gasteiger partial charge in [0.25, 0.3) is 0 Å². The second kappa shape index (κ2) is 7.78. The van der Waals surface area contributed by atoms with Gasteiger partial charge >= 0.3 is 0 Å². The van der Waals surface area contributed by atoms with Gasteiger partial charge in [0.15, 0.2) is 0 Å². The molecule has 3 nitrogen and oxygen atoms in total. The molecule has 2 rings (SSSR count). The third kappa shape index (κ3) is 3.83. The number of halogens is 1. The minimum absolute atomic E-state index is 0.178. The summed E-state index contributed by atoms with van der Waals surface area (Å²) in [6.07, 6.45) is 4.74. The van der Waals surface area contributed by atoms with Crippen LogP contribution in [0.5, 0.6) is 0 Å². The molecular formula is C18H28ClNO2. The first-order valence-electron chi connectivity index (χ1n) is 8.20. The highest BCUT2D eigenvalue weighted by Crippen LogP contribution is 2.47. The molecule has 2 atom stereocenters. The number of aliphatic hydroxyl groups is 1. The Bertz CT molecular complexity index is 474. The molecule has 1 aliphatic rings. The third-order valence-corrected chi connectivity index (χ3v) is 5.27. The van der Waals surface area contributed by atoms with Gasteiger partial charge in [-0.1, -0.05) is 30.7 Å². The van der Waals surface area contributed by atoms with Gasteiger partial charge < -0.3 is 15.2 Å². The van der Waals surface area contributed by atoms with E-state index in [9.17, 15) is 5.11 Å². The third-order valence-electron chi connectivity index (χ3n) is 5.03. The van der Waals surface area contributed by atoms with Crippen molar-refractivity contribution >= 4 is 11.6 Å². The second-order valence-electron chi connectivity index (χ2n) is 6.66. The molecule has 22 heavy (non-hydrogen) atoms. The van der Waals surface area contributed by atoms with E-state index in [1.165, 1.54) is 0 Å². The van der Waals surface area contributed by atoms with Gasteiger partial charge in [-0.3, -0.25) is 0 Å². The molecule has 1 unspecified atom stereocenters. The molecule has 0 radical (unpaired) electrons. The Balaban J connectivity index is 2.26. The normalized spacial score (nSPS) is 24.9. The molecule has 0 aromatic heterocycles. The molecule has 1 saturated heterocycles. The summed E-state index contributed by atoms with van der Waals surface area (Å²) in [6.45, 7) is 4.79. The van der Waals surface area contributed by atoms with E-state index in [2.05, 4.69) is 12.2 Å². The fourth-order valence-corrected chi connectivity index (χ4v) is 3.77. The van der Waals surface area contributed by atoms with Crippen LogP contribution in [0.1, 0.15) is 44.6 Å². The first-order valence-corrected chi connectivity index (χ1v) is 8.58. The number of hydrogen-bond acceptors (Lipinski definition) is 3. The molecule has 1 aliphatic heterocycles. The molecule has 1 fully saturated rings. The van der Waals surface area contributed by atoms with Gasteiger partial charge in [-0.2, -0.15) is 0 Å². The van der Waals surface area contributed by atoms with Crippen LogP contribution in [-0.4, -0.2) is 31.9 Å². The van der Waals surface area contributed by atoms with Crippen molar-refractivity contribution in [1.29, 1.82) is 0 Å². The fourth-order valence-electron chi connectivity index (χ4n) is 3.58. The highest BCUT2D eigenvalue weighted by Gasteiger charge is 2.47. The van der Waals surface area contributed by atoms with Gasteiger partial charge in [-0.25, -0.2) is 0 Å². The van der Waals surface area contributed by atoms with Crippen molar-refractivity contribution in [1.82, 2.24) is 5.32 Å². The number of benzene rings is 1. The maximum absolute atomic E-state index is 11.7. The summed E-state index contributed by atoms with van der Waals surface area (Å²) in [4.78, 5) is 0. The summed E-state index contributed by atoms with van der Waals surface area (Å²) in [5, 5.41) is 15.8. The van der Waals surface area contributed by atoms with Crippen LogP contribution in [-0.2, 0) is 10.3 Å². The van der Waals surface area contributed by atoms with Crippen LogP contribution in [0.2, 0.25) is 5.02 Å². The average molecular weight is 326 g/mol. The lowest BCUT2D eigenvalue weighted by Gasteiger charge is -2.48. The van der Waals surface area contributed by atoms with E-state index in [-0.39, 0.29) is 5.41 Å². The molecule has 0 bridgehead atoms. The summed E-state index contributed by atoms with van der Waals surface area (Å²) in [6, 6.07) is 7.70. The smallest absolute Gasteiger partial charge is 0.0962 e. The van der Waals surface area contributed by atoms with Crippen molar-refractivity contribution in [3.05, 3.63) is 34.9 Å². The molecule has 1 heterocycles. The molecule has 2 N–H and O–H groups in total. The maximum atomic E-state index is 11.7. The van der Waals surface area contributed by atoms with Crippen molar-refractivity contribution in [3.8, 4) is 0 Å². The Morgan fingerprint density at radius 1 is 1.41 bits per heavy atom. The highest BCUT2D eigenvalue weighted by molar-refractivity contribution is 6.30. The van der Waals surface area contributed by atoms with Gasteiger partial charge in [0.1, 0.15) is 0 Å². The summed E-state index contributed by atoms with van der Waals surface area (Å²) in [5.74, 6) is 0. The number of rotatable bonds is 7. The van der Waals surface area contributed by atoms with Gasteiger partial charge in [0.2, 0.25) is 0 Å². The highest BCUT2D eigenvalue weighted by atomic mass is 35.5. The monoisotopic (exact) mass is 325 g/mol. The van der Waals surface area contributed by atoms with E-state index in [0.717, 1.165) is 57.4 Å². The van der Waals surface area contributed by atoms with Crippen molar-refractivity contribution in [2.75, 3.05) is 26.8 Å². The first-order chi connectivity index (χ1) is 10.5. The number of unbranched alkanes of at least 4 members (excludes halogenated alkanes) is 1. The molecule has 0 amide bonds. The predicted octanol–water partition coefficient (Wildman–Crippen LogP) is 3.73. The largest absolute Gasteiger partial charge is 0.385 e. The minimum Gasteiger partial charge on any atom is -0.385 e. The summed E-state index contributed by atoms with van der Waals surface area (Å²) in [5.41, 5.74) is -0.106. The molecule has 1 aromatic carbocycles. The Morgan fingerprint density at radius 2 is 2.23 bits per heavy atom. The van der Waals surface area contributed by atoms with Gasteiger partial charge in [0.05, 0.1) is 5.60 Å². The predicted molar refractivity (Wildman–Crippen MR) is 91.3 cm³/mol. The Kier molecular flexibility index (Phi) is 6.27. The van der Waals surface area contributed by atoms with Crippen molar-refractivity contribution < 1.29 is 9.84 Å². The number of ether oxygens (including phenoxy) is 1. The lowest BCUT2D eigenvalue weighted by atomic mass is 9.64. The van der Waals surface area contributed by atoms with Crippen LogP contribution in [0.4, 0.5) is 0 Å². The van der Waals surface area contributed by atoms with Crippen LogP contribution in [0, 0.1) is 5.41 Å². The average Bonchev–Trinajstić information content (AvgIpc) is 2.52. The van der Waals surface area contributed by atoms with Crippen LogP contribution >= 0.6 is 11.6 Å². The SMILES string of the molecule is COCCCC[C@@](O)(c1cccc(Cl)c1)C1(C)CCCNC1. The van der Waals surface area contributed by atoms with Gasteiger partial charge in [-0.15, -0.1) is 0 Å². The van der Waals surface area contributed by atoms with Gasteiger partial charge in [-0.05, 0) is 56.3 Å². The second-order valence-corrected chi connectivity index (χ2v) is 7.10. The van der Waals surface area contributed by atoms with E-state index in [0.29, 0.717) is 5.02 Å². The molecular weight excluding hydrogens is 298 g/mol. The number of nitrogens with one attached hydrogen (secondary N) is 1. The lowest BCUT2D eigenvalue weighted by Crippen LogP contribution is -2.52. The number of methoxy groups -OCH3 is 1. The quantitative estimate of drug-likeness (QED) is 0.750. The molecule has 0 saturated carbocycles. The molecule has 1 aromatic rings. The van der Waals surface area contributed by atoms with Crippen LogP contribution in [0.25, 0.3) is 0 Å². The van der Waals surface area contributed by atoms with Crippen molar-refractivity contribution in [3.63, 3.8) is 0 Å². The van der Waals surface area contributed by atoms with E-state index in [1.807, 2.05) is 24.3 Å². The first kappa shape index (κ1) is 17.7. The molecule has 0 aliphatic carbocycles. The van der Waals surface area contributed by atoms with Crippen molar-refractivity contribution in [2.24, 2.45) is 5.41 Å². The minimum atomic E-state index is -0.862. The van der Waals surface area contributed by atoms with E-state index in [4.69, 9.17) is 16.3 Å². The van der Waals surface area contributed by atoms with Crippen LogP contribution in [0.15, 0.2) is 24.3 Å². The Morgan fingerprint density at radius 3 is 2.86 bits per heavy atom. The summed E-state index contributed by atoms with van der Waals surface area (Å²) in [7, 11) is 1.72. The number of piperidine rings is 1. The summed E-state index contributed by atoms with van der Waals surface area (Å²) < 4.78 is 5.14. The Labute approximate surface area is 139 Å². The van der Waals surface area contributed by atoms with Crippen LogP contribution in [0.3, 0.4) is 0 Å². The fraction of sp³-hybridized carbons (Fsp3) is 0.667. The van der Waals surface area contributed by atoms with Gasteiger partial charge in [0, 0.05) is 30.7 Å². The van der Waals surface area contributed by atoms with Crippen molar-refractivity contribution in [2.45, 2.75) is 44.6 Å². The van der Waals surface area contributed by atoms with Crippen LogP contribution < -0.4 is 5.32 Å². The van der Waals surface area contributed by atoms with E-state index >= 15 is 0 Å². The zero-order valence-electron chi connectivity index (χ0n) is 13.7. The Hall–Kier alpha value is -0.610. The zero-order valence-corrected chi connectivity index (χ0v) is 14.5. The molecule has 4 heteroatoms. The van der Waals surface area contributed by atoms with E-state index in [1.54, 1.807) is 7.11 Å². The van der Waals surface area contributed by atoms with E-state index < -0.39 is 5.60 Å². The number of hydrogen-bond donors (Lipinski definition) is 2. The maximum Gasteiger partial charge on any atom is 0.0962 e. The zero-order chi connectivity index (χ0) is 16.1. The molecule has 0 spiro atoms. The molecule has 124 valence electrons.